The lowest BCUT2D eigenvalue weighted by atomic mass is 9.88. The van der Waals surface area contributed by atoms with Crippen LogP contribution in [0.1, 0.15) is 25.0 Å². The van der Waals surface area contributed by atoms with Crippen LogP contribution < -0.4 is 4.74 Å². The fourth-order valence-electron chi connectivity index (χ4n) is 5.07. The maximum atomic E-state index is 15.0. The quantitative estimate of drug-likeness (QED) is 0.248. The summed E-state index contributed by atoms with van der Waals surface area (Å²) in [7, 11) is 0. The largest absolute Gasteiger partial charge is 0.440 e. The smallest absolute Gasteiger partial charge is 0.428 e. The Hall–Kier alpha value is -3.06. The molecular formula is C31H31F3O7S. The molecule has 2 saturated heterocycles. The van der Waals surface area contributed by atoms with Crippen LogP contribution in [-0.2, 0) is 41.6 Å². The van der Waals surface area contributed by atoms with E-state index in [9.17, 15) is 0 Å². The number of ether oxygens (including phenoxy) is 7. The zero-order chi connectivity index (χ0) is 29.8. The summed E-state index contributed by atoms with van der Waals surface area (Å²) in [5.74, 6) is -0.909. The summed E-state index contributed by atoms with van der Waals surface area (Å²) in [6, 6.07) is 26.2. The number of halogens is 3. The normalized spacial score (nSPS) is 25.5. The fraction of sp³-hybridized carbons (Fsp3) is 0.387. The van der Waals surface area contributed by atoms with Crippen molar-refractivity contribution in [1.82, 2.24) is 0 Å². The molecule has 5 atom stereocenters. The first-order chi connectivity index (χ1) is 20.1. The van der Waals surface area contributed by atoms with Crippen molar-refractivity contribution in [3.05, 3.63) is 102 Å². The van der Waals surface area contributed by atoms with E-state index in [-0.39, 0.29) is 19.0 Å². The van der Waals surface area contributed by atoms with E-state index in [4.69, 9.17) is 45.4 Å². The molecule has 0 N–H and O–H groups in total. The van der Waals surface area contributed by atoms with Crippen LogP contribution in [0.5, 0.6) is 5.75 Å². The first kappa shape index (κ1) is 30.4. The first-order valence-corrected chi connectivity index (χ1v) is 13.8. The molecule has 0 saturated carbocycles. The molecule has 7 nitrogen and oxygen atoms in total. The number of hydrogen-bond donors (Lipinski definition) is 0. The van der Waals surface area contributed by atoms with Gasteiger partial charge in [-0.05, 0) is 37.1 Å². The van der Waals surface area contributed by atoms with Crippen LogP contribution in [0.15, 0.2) is 91.0 Å². The van der Waals surface area contributed by atoms with E-state index >= 15 is 13.2 Å². The van der Waals surface area contributed by atoms with E-state index in [1.54, 1.807) is 80.6 Å². The molecule has 0 aromatic heterocycles. The second-order valence-electron chi connectivity index (χ2n) is 10.4. The molecule has 3 aromatic carbocycles. The van der Waals surface area contributed by atoms with Gasteiger partial charge in [-0.15, -0.1) is 0 Å². The Labute approximate surface area is 247 Å². The number of benzene rings is 3. The van der Waals surface area contributed by atoms with Gasteiger partial charge in [0, 0.05) is 12.2 Å². The summed E-state index contributed by atoms with van der Waals surface area (Å²) in [6.07, 6.45) is -11.2. The predicted octanol–water partition coefficient (Wildman–Crippen LogP) is 6.35. The Balaban J connectivity index is 1.49. The van der Waals surface area contributed by atoms with E-state index in [1.807, 2.05) is 24.3 Å². The monoisotopic (exact) mass is 604 g/mol. The summed E-state index contributed by atoms with van der Waals surface area (Å²) in [4.78, 5) is 0. The average molecular weight is 605 g/mol. The Morgan fingerprint density at radius 3 is 2.00 bits per heavy atom. The van der Waals surface area contributed by atoms with Crippen LogP contribution in [-0.4, -0.2) is 54.0 Å². The molecule has 0 unspecified atom stereocenters. The molecule has 0 radical (unpaired) electrons. The molecule has 0 aliphatic carbocycles. The van der Waals surface area contributed by atoms with Gasteiger partial charge in [-0.1, -0.05) is 78.9 Å². The highest BCUT2D eigenvalue weighted by molar-refractivity contribution is 7.79. The van der Waals surface area contributed by atoms with Gasteiger partial charge in [-0.2, -0.15) is 13.2 Å². The molecule has 3 aromatic rings. The molecule has 2 heterocycles. The van der Waals surface area contributed by atoms with Gasteiger partial charge in [0.25, 0.3) is 0 Å². The van der Waals surface area contributed by atoms with Crippen LogP contribution in [0.25, 0.3) is 0 Å². The number of para-hydroxylation sites is 1. The van der Waals surface area contributed by atoms with Gasteiger partial charge in [0.1, 0.15) is 18.0 Å². The predicted molar refractivity (Wildman–Crippen MR) is 149 cm³/mol. The highest BCUT2D eigenvalue weighted by atomic mass is 32.1. The maximum absolute atomic E-state index is 15.0. The molecule has 0 amide bonds. The Kier molecular flexibility index (Phi) is 9.17. The summed E-state index contributed by atoms with van der Waals surface area (Å²) in [5.41, 5.74) is -0.795. The van der Waals surface area contributed by atoms with Gasteiger partial charge in [0.05, 0.1) is 19.8 Å². The lowest BCUT2D eigenvalue weighted by Gasteiger charge is -2.41. The van der Waals surface area contributed by atoms with Gasteiger partial charge in [-0.3, -0.25) is 0 Å². The minimum Gasteiger partial charge on any atom is -0.440 e. The third-order valence-corrected chi connectivity index (χ3v) is 6.99. The highest BCUT2D eigenvalue weighted by Crippen LogP contribution is 2.49. The van der Waals surface area contributed by atoms with Crippen LogP contribution >= 0.6 is 12.2 Å². The third kappa shape index (κ3) is 7.11. The van der Waals surface area contributed by atoms with E-state index < -0.39 is 54.0 Å². The Morgan fingerprint density at radius 2 is 1.40 bits per heavy atom. The zero-order valence-corrected chi connectivity index (χ0v) is 23.8. The fourth-order valence-corrected chi connectivity index (χ4v) is 5.26. The summed E-state index contributed by atoms with van der Waals surface area (Å²) in [5, 5.41) is -0.740. The summed E-state index contributed by atoms with van der Waals surface area (Å²) in [6.45, 7) is 2.70. The summed E-state index contributed by atoms with van der Waals surface area (Å²) >= 11 is 5.13. The van der Waals surface area contributed by atoms with Crippen molar-refractivity contribution in [2.75, 3.05) is 6.61 Å². The number of alkyl halides is 3. The number of thiocarbonyl (C=S) groups is 1. The molecule has 5 rings (SSSR count). The molecular weight excluding hydrogens is 573 g/mol. The van der Waals surface area contributed by atoms with Gasteiger partial charge in [0.2, 0.25) is 6.10 Å². The van der Waals surface area contributed by atoms with Crippen molar-refractivity contribution in [2.45, 2.75) is 69.2 Å². The lowest BCUT2D eigenvalue weighted by Crippen LogP contribution is -2.63. The molecule has 224 valence electrons. The van der Waals surface area contributed by atoms with Gasteiger partial charge in [0.15, 0.2) is 17.7 Å². The Bertz CT molecular complexity index is 1310. The number of fused-ring (bicyclic) bond motifs is 1. The molecule has 2 fully saturated rings. The topological polar surface area (TPSA) is 64.6 Å². The van der Waals surface area contributed by atoms with Gasteiger partial charge < -0.3 is 33.2 Å². The van der Waals surface area contributed by atoms with E-state index in [2.05, 4.69) is 0 Å². The maximum Gasteiger partial charge on any atom is 0.428 e. The zero-order valence-electron chi connectivity index (χ0n) is 23.0. The van der Waals surface area contributed by atoms with E-state index in [1.165, 1.54) is 0 Å². The first-order valence-electron chi connectivity index (χ1n) is 13.4. The van der Waals surface area contributed by atoms with Crippen LogP contribution in [0.4, 0.5) is 13.2 Å². The molecule has 11 heteroatoms. The van der Waals surface area contributed by atoms with Crippen molar-refractivity contribution < 1.29 is 46.3 Å². The minimum atomic E-state index is -5.00. The van der Waals surface area contributed by atoms with E-state index in [0.717, 1.165) is 11.1 Å². The third-order valence-electron chi connectivity index (χ3n) is 6.81. The highest BCUT2D eigenvalue weighted by Gasteiger charge is 2.71. The van der Waals surface area contributed by atoms with Crippen molar-refractivity contribution in [2.24, 2.45) is 0 Å². The second kappa shape index (κ2) is 12.7. The lowest BCUT2D eigenvalue weighted by molar-refractivity contribution is -0.318. The second-order valence-corrected chi connectivity index (χ2v) is 10.8. The molecule has 42 heavy (non-hydrogen) atoms. The minimum absolute atomic E-state index is 0.00936. The standard InChI is InChI=1S/C31H31F3O7S/c1-29(2)39-24-25(36-19-22-14-8-4-9-15-22)30(41-26(24)40-29,20-35-18-21-12-6-3-7-13-21)27(31(32,33)34)38-28(42)37-23-16-10-5-11-17-23/h3-17,24-27H,18-20H2,1-2H3/t24-,25+,26+,27-,30-/m1/s1. The van der Waals surface area contributed by atoms with Crippen molar-refractivity contribution in [1.29, 1.82) is 0 Å². The van der Waals surface area contributed by atoms with Crippen molar-refractivity contribution in [3.63, 3.8) is 0 Å². The molecule has 0 bridgehead atoms. The van der Waals surface area contributed by atoms with Crippen LogP contribution in [0.3, 0.4) is 0 Å². The van der Waals surface area contributed by atoms with Crippen LogP contribution in [0.2, 0.25) is 0 Å². The van der Waals surface area contributed by atoms with Crippen LogP contribution in [0, 0.1) is 0 Å². The van der Waals surface area contributed by atoms with Crippen molar-refractivity contribution in [3.8, 4) is 5.75 Å². The molecule has 0 spiro atoms. The Morgan fingerprint density at radius 1 is 0.833 bits per heavy atom. The average Bonchev–Trinajstić information content (AvgIpc) is 3.40. The van der Waals surface area contributed by atoms with Gasteiger partial charge >= 0.3 is 11.4 Å². The van der Waals surface area contributed by atoms with Crippen molar-refractivity contribution >= 4 is 17.5 Å². The molecule has 2 aliphatic heterocycles. The summed E-state index contributed by atoms with van der Waals surface area (Å²) < 4.78 is 86.0. The SMILES string of the molecule is CC1(C)O[C@H]2O[C@@](COCc3ccccc3)([C@@H](OC(=S)Oc3ccccc3)C(F)(F)F)[C@@H](OCc3ccccc3)[C@H]2O1. The molecule has 2 aliphatic rings. The number of rotatable bonds is 10. The van der Waals surface area contributed by atoms with Gasteiger partial charge in [-0.25, -0.2) is 0 Å². The number of hydrogen-bond acceptors (Lipinski definition) is 8. The van der Waals surface area contributed by atoms with E-state index in [0.29, 0.717) is 0 Å².